The zero-order valence-electron chi connectivity index (χ0n) is 7.62. The normalized spacial score (nSPS) is 22.3. The van der Waals surface area contributed by atoms with E-state index in [0.29, 0.717) is 6.42 Å². The van der Waals surface area contributed by atoms with Gasteiger partial charge in [0.15, 0.2) is 5.03 Å². The molecule has 1 aromatic heterocycles. The molecule has 1 saturated heterocycles. The summed E-state index contributed by atoms with van der Waals surface area (Å²) in [6.07, 6.45) is 1.66. The van der Waals surface area contributed by atoms with Crippen LogP contribution in [0.3, 0.4) is 0 Å². The predicted molar refractivity (Wildman–Crippen MR) is 48.5 cm³/mol. The number of H-pyrrole nitrogens is 1. The number of aliphatic carboxylic acids is 1. The largest absolute Gasteiger partial charge is 0.480 e. The molecule has 0 aliphatic carbocycles. The zero-order chi connectivity index (χ0) is 11.1. The van der Waals surface area contributed by atoms with E-state index in [4.69, 9.17) is 5.11 Å². The van der Waals surface area contributed by atoms with Crippen molar-refractivity contribution in [1.82, 2.24) is 14.5 Å². The van der Waals surface area contributed by atoms with E-state index in [2.05, 4.69) is 10.2 Å². The highest BCUT2D eigenvalue weighted by Crippen LogP contribution is 2.25. The van der Waals surface area contributed by atoms with Crippen molar-refractivity contribution in [3.63, 3.8) is 0 Å². The Kier molecular flexibility index (Phi) is 2.24. The molecule has 1 aliphatic rings. The van der Waals surface area contributed by atoms with Crippen LogP contribution in [0.25, 0.3) is 0 Å². The van der Waals surface area contributed by atoms with Crippen LogP contribution in [0.15, 0.2) is 17.3 Å². The first-order chi connectivity index (χ1) is 7.03. The number of carboxylic acids is 1. The molecule has 2 rings (SSSR count). The number of nitrogens with zero attached hydrogens (tertiary/aromatic N) is 2. The molecule has 0 radical (unpaired) electrons. The Morgan fingerprint density at radius 1 is 1.67 bits per heavy atom. The van der Waals surface area contributed by atoms with Gasteiger partial charge in [0.25, 0.3) is 10.0 Å². The lowest BCUT2D eigenvalue weighted by Gasteiger charge is -2.35. The number of nitrogens with one attached hydrogen (secondary N) is 1. The fraction of sp³-hybridized carbons (Fsp3) is 0.429. The predicted octanol–water partition coefficient (Wildman–Crippen LogP) is -0.743. The number of aromatic nitrogens is 2. The molecular formula is C7H9N3O4S. The van der Waals surface area contributed by atoms with E-state index in [9.17, 15) is 13.2 Å². The quantitative estimate of drug-likeness (QED) is 0.712. The van der Waals surface area contributed by atoms with Crippen LogP contribution in [0.1, 0.15) is 6.42 Å². The lowest BCUT2D eigenvalue weighted by molar-refractivity contribution is -0.144. The molecular weight excluding hydrogens is 222 g/mol. The molecule has 0 spiro atoms. The fourth-order valence-electron chi connectivity index (χ4n) is 1.41. The molecule has 0 bridgehead atoms. The maximum absolute atomic E-state index is 11.8. The molecule has 0 amide bonds. The van der Waals surface area contributed by atoms with Gasteiger partial charge in [0.1, 0.15) is 6.04 Å². The van der Waals surface area contributed by atoms with Crippen LogP contribution in [-0.4, -0.2) is 46.6 Å². The summed E-state index contributed by atoms with van der Waals surface area (Å²) < 4.78 is 24.5. The third-order valence-corrected chi connectivity index (χ3v) is 4.16. The standard InChI is InChI=1S/C7H9N3O4S/c11-7(12)5-2-4-10(5)15(13,14)6-1-3-8-9-6/h1,3,5H,2,4H2,(H,8,9)(H,11,12). The van der Waals surface area contributed by atoms with E-state index in [1.807, 2.05) is 0 Å². The molecule has 0 aromatic carbocycles. The Morgan fingerprint density at radius 2 is 2.40 bits per heavy atom. The molecule has 82 valence electrons. The fourth-order valence-corrected chi connectivity index (χ4v) is 2.94. The van der Waals surface area contributed by atoms with Gasteiger partial charge < -0.3 is 5.11 Å². The molecule has 7 nitrogen and oxygen atoms in total. The Labute approximate surface area is 85.8 Å². The number of sulfonamides is 1. The van der Waals surface area contributed by atoms with Gasteiger partial charge in [0, 0.05) is 6.54 Å². The molecule has 2 N–H and O–H groups in total. The second-order valence-electron chi connectivity index (χ2n) is 3.18. The van der Waals surface area contributed by atoms with Crippen molar-refractivity contribution in [2.45, 2.75) is 17.5 Å². The van der Waals surface area contributed by atoms with E-state index >= 15 is 0 Å². The van der Waals surface area contributed by atoms with Gasteiger partial charge in [0.05, 0.1) is 6.20 Å². The summed E-state index contributed by atoms with van der Waals surface area (Å²) in [6, 6.07) is 0.352. The number of hydrogen-bond donors (Lipinski definition) is 2. The smallest absolute Gasteiger partial charge is 0.322 e. The monoisotopic (exact) mass is 231 g/mol. The van der Waals surface area contributed by atoms with Crippen molar-refractivity contribution in [2.75, 3.05) is 6.54 Å². The first kappa shape index (κ1) is 10.1. The van der Waals surface area contributed by atoms with E-state index in [1.165, 1.54) is 12.3 Å². The molecule has 15 heavy (non-hydrogen) atoms. The Hall–Kier alpha value is -1.41. The molecule has 1 fully saturated rings. The lowest BCUT2D eigenvalue weighted by Crippen LogP contribution is -2.54. The Morgan fingerprint density at radius 3 is 2.80 bits per heavy atom. The highest BCUT2D eigenvalue weighted by molar-refractivity contribution is 7.89. The summed E-state index contributed by atoms with van der Waals surface area (Å²) in [5, 5.41) is 14.5. The average molecular weight is 231 g/mol. The van der Waals surface area contributed by atoms with Crippen LogP contribution in [0.2, 0.25) is 0 Å². The maximum Gasteiger partial charge on any atom is 0.322 e. The third-order valence-electron chi connectivity index (χ3n) is 2.32. The highest BCUT2D eigenvalue weighted by atomic mass is 32.2. The Balaban J connectivity index is 2.28. The van der Waals surface area contributed by atoms with Gasteiger partial charge in [0.2, 0.25) is 0 Å². The van der Waals surface area contributed by atoms with Gasteiger partial charge in [-0.05, 0) is 12.5 Å². The van der Waals surface area contributed by atoms with Crippen LogP contribution in [-0.2, 0) is 14.8 Å². The van der Waals surface area contributed by atoms with E-state index < -0.39 is 22.0 Å². The van der Waals surface area contributed by atoms with E-state index in [-0.39, 0.29) is 11.6 Å². The van der Waals surface area contributed by atoms with Crippen molar-refractivity contribution >= 4 is 16.0 Å². The number of aromatic amines is 1. The van der Waals surface area contributed by atoms with Crippen molar-refractivity contribution in [3.8, 4) is 0 Å². The number of carbonyl (C=O) groups is 1. The SMILES string of the molecule is O=C(O)C1CCN1S(=O)(=O)c1ccn[nH]1. The van der Waals surface area contributed by atoms with Gasteiger partial charge in [-0.15, -0.1) is 0 Å². The number of hydrogen-bond acceptors (Lipinski definition) is 4. The molecule has 1 aliphatic heterocycles. The minimum Gasteiger partial charge on any atom is -0.480 e. The van der Waals surface area contributed by atoms with Gasteiger partial charge in [-0.3, -0.25) is 9.89 Å². The maximum atomic E-state index is 11.8. The minimum atomic E-state index is -3.72. The Bertz CT molecular complexity index is 466. The summed E-state index contributed by atoms with van der Waals surface area (Å²) in [5.74, 6) is -1.12. The number of carboxylic acid groups (broad SMARTS) is 1. The zero-order valence-corrected chi connectivity index (χ0v) is 8.44. The van der Waals surface area contributed by atoms with Crippen molar-refractivity contribution < 1.29 is 18.3 Å². The topological polar surface area (TPSA) is 103 Å². The summed E-state index contributed by atoms with van der Waals surface area (Å²) in [6.45, 7) is 0.234. The average Bonchev–Trinajstić information content (AvgIpc) is 2.50. The molecule has 1 aromatic rings. The molecule has 2 heterocycles. The summed E-state index contributed by atoms with van der Waals surface area (Å²) in [5.41, 5.74) is 0. The van der Waals surface area contributed by atoms with Crippen LogP contribution in [0, 0.1) is 0 Å². The third kappa shape index (κ3) is 1.51. The van der Waals surface area contributed by atoms with Gasteiger partial charge >= 0.3 is 5.97 Å². The minimum absolute atomic E-state index is 0.0755. The summed E-state index contributed by atoms with van der Waals surface area (Å²) in [7, 11) is -3.72. The molecule has 1 atom stereocenters. The van der Waals surface area contributed by atoms with Gasteiger partial charge in [-0.2, -0.15) is 9.40 Å². The van der Waals surface area contributed by atoms with Gasteiger partial charge in [-0.25, -0.2) is 8.42 Å². The molecule has 0 saturated carbocycles. The summed E-state index contributed by atoms with van der Waals surface area (Å²) >= 11 is 0. The van der Waals surface area contributed by atoms with Crippen LogP contribution >= 0.6 is 0 Å². The lowest BCUT2D eigenvalue weighted by atomic mass is 10.1. The van der Waals surface area contributed by atoms with E-state index in [1.54, 1.807) is 0 Å². The van der Waals surface area contributed by atoms with Crippen LogP contribution in [0.4, 0.5) is 0 Å². The summed E-state index contributed by atoms with van der Waals surface area (Å²) in [4.78, 5) is 10.7. The van der Waals surface area contributed by atoms with Gasteiger partial charge in [-0.1, -0.05) is 0 Å². The van der Waals surface area contributed by atoms with Crippen LogP contribution < -0.4 is 0 Å². The van der Waals surface area contributed by atoms with Crippen molar-refractivity contribution in [1.29, 1.82) is 0 Å². The first-order valence-corrected chi connectivity index (χ1v) is 5.71. The second-order valence-corrected chi connectivity index (χ2v) is 5.04. The van der Waals surface area contributed by atoms with Crippen molar-refractivity contribution in [2.24, 2.45) is 0 Å². The number of rotatable bonds is 3. The van der Waals surface area contributed by atoms with E-state index in [0.717, 1.165) is 4.31 Å². The molecule has 8 heteroatoms. The second kappa shape index (κ2) is 3.31. The van der Waals surface area contributed by atoms with Crippen molar-refractivity contribution in [3.05, 3.63) is 12.3 Å². The van der Waals surface area contributed by atoms with Crippen LogP contribution in [0.5, 0.6) is 0 Å². The molecule has 1 unspecified atom stereocenters. The highest BCUT2D eigenvalue weighted by Gasteiger charge is 2.43. The first-order valence-electron chi connectivity index (χ1n) is 4.27.